The number of likely N-dealkylation sites (N-methyl/N-ethyl adjacent to an activating group) is 1. The zero-order valence-electron chi connectivity index (χ0n) is 13.1. The van der Waals surface area contributed by atoms with Crippen LogP contribution in [0, 0.1) is 5.92 Å². The highest BCUT2D eigenvalue weighted by atomic mass is 35.5. The summed E-state index contributed by atoms with van der Waals surface area (Å²) in [5, 5.41) is 8.46. The van der Waals surface area contributed by atoms with E-state index in [1.165, 1.54) is 0 Å². The third-order valence-corrected chi connectivity index (χ3v) is 3.20. The molecule has 0 atom stereocenters. The average Bonchev–Trinajstić information content (AvgIpc) is 2.72. The predicted molar refractivity (Wildman–Crippen MR) is 87.1 cm³/mol. The first-order valence-corrected chi connectivity index (χ1v) is 7.61. The number of aromatic nitrogens is 2. The fourth-order valence-corrected chi connectivity index (χ4v) is 1.99. The molecule has 0 aromatic carbocycles. The number of hydrogen-bond acceptors (Lipinski definition) is 3. The third kappa shape index (κ3) is 6.55. The topological polar surface area (TPSA) is 33.1 Å². The first kappa shape index (κ1) is 17.2. The fourth-order valence-electron chi connectivity index (χ4n) is 1.78. The van der Waals surface area contributed by atoms with Crippen LogP contribution >= 0.6 is 11.6 Å². The van der Waals surface area contributed by atoms with Gasteiger partial charge in [-0.2, -0.15) is 5.10 Å². The van der Waals surface area contributed by atoms with Gasteiger partial charge in [0.1, 0.15) is 0 Å². The number of rotatable bonds is 9. The highest BCUT2D eigenvalue weighted by Crippen LogP contribution is 2.16. The summed E-state index contributed by atoms with van der Waals surface area (Å²) in [7, 11) is 4.11. The van der Waals surface area contributed by atoms with Crippen LogP contribution in [0.3, 0.4) is 0 Å². The van der Waals surface area contributed by atoms with Gasteiger partial charge < -0.3 is 10.2 Å². The van der Waals surface area contributed by atoms with E-state index in [1.807, 2.05) is 4.68 Å². The van der Waals surface area contributed by atoms with Gasteiger partial charge in [-0.15, -0.1) is 0 Å². The zero-order chi connectivity index (χ0) is 15.0. The largest absolute Gasteiger partial charge is 0.316 e. The van der Waals surface area contributed by atoms with E-state index < -0.39 is 0 Å². The molecule has 0 amide bonds. The Morgan fingerprint density at radius 2 is 2.20 bits per heavy atom. The number of halogens is 1. The van der Waals surface area contributed by atoms with E-state index in [4.69, 9.17) is 11.6 Å². The summed E-state index contributed by atoms with van der Waals surface area (Å²) in [5.74, 6) is 0.695. The lowest BCUT2D eigenvalue weighted by Crippen LogP contribution is -2.20. The van der Waals surface area contributed by atoms with Crippen LogP contribution in [0.1, 0.15) is 26.0 Å². The standard InChI is InChI=1S/C15H27ClN4/c1-13(2)11-17-8-6-5-7-15-14(16)12-18-20(15)10-9-19(3)4/h5,7,12-13,17H,6,8-11H2,1-4H3/b7-5+. The van der Waals surface area contributed by atoms with Crippen molar-refractivity contribution in [2.45, 2.75) is 26.8 Å². The molecule has 4 nitrogen and oxygen atoms in total. The van der Waals surface area contributed by atoms with Gasteiger partial charge in [0.2, 0.25) is 0 Å². The molecule has 0 bridgehead atoms. The van der Waals surface area contributed by atoms with Crippen LogP contribution in [0.5, 0.6) is 0 Å². The summed E-state index contributed by atoms with van der Waals surface area (Å²) in [6.45, 7) is 8.30. The van der Waals surface area contributed by atoms with Crippen molar-refractivity contribution in [2.24, 2.45) is 5.92 Å². The van der Waals surface area contributed by atoms with E-state index in [0.29, 0.717) is 5.92 Å². The van der Waals surface area contributed by atoms with Crippen LogP contribution in [0.15, 0.2) is 12.3 Å². The van der Waals surface area contributed by atoms with Crippen molar-refractivity contribution in [3.05, 3.63) is 23.0 Å². The maximum absolute atomic E-state index is 6.18. The minimum absolute atomic E-state index is 0.695. The monoisotopic (exact) mass is 298 g/mol. The molecule has 1 rings (SSSR count). The van der Waals surface area contributed by atoms with E-state index in [-0.39, 0.29) is 0 Å². The van der Waals surface area contributed by atoms with Gasteiger partial charge in [0.25, 0.3) is 0 Å². The highest BCUT2D eigenvalue weighted by molar-refractivity contribution is 6.31. The van der Waals surface area contributed by atoms with Crippen molar-refractivity contribution in [2.75, 3.05) is 33.7 Å². The molecule has 114 valence electrons. The Bertz CT molecular complexity index is 410. The molecule has 0 fully saturated rings. The van der Waals surface area contributed by atoms with Crippen LogP contribution in [-0.2, 0) is 6.54 Å². The zero-order valence-corrected chi connectivity index (χ0v) is 13.8. The summed E-state index contributed by atoms with van der Waals surface area (Å²) in [5.41, 5.74) is 0.998. The Morgan fingerprint density at radius 3 is 2.85 bits per heavy atom. The lowest BCUT2D eigenvalue weighted by Gasteiger charge is -2.10. The first-order chi connectivity index (χ1) is 9.50. The second-order valence-corrected chi connectivity index (χ2v) is 6.10. The molecule has 0 saturated carbocycles. The van der Waals surface area contributed by atoms with Crippen LogP contribution < -0.4 is 5.32 Å². The second kappa shape index (κ2) is 9.16. The Kier molecular flexibility index (Phi) is 7.88. The van der Waals surface area contributed by atoms with Gasteiger partial charge in [0.05, 0.1) is 23.5 Å². The Morgan fingerprint density at radius 1 is 1.45 bits per heavy atom. The Balaban J connectivity index is 2.43. The Labute approximate surface area is 127 Å². The molecular formula is C15H27ClN4. The first-order valence-electron chi connectivity index (χ1n) is 7.24. The predicted octanol–water partition coefficient (Wildman–Crippen LogP) is 2.75. The van der Waals surface area contributed by atoms with Gasteiger partial charge in [-0.3, -0.25) is 4.68 Å². The minimum atomic E-state index is 0.695. The molecule has 0 spiro atoms. The molecule has 5 heteroatoms. The van der Waals surface area contributed by atoms with Gasteiger partial charge in [0.15, 0.2) is 0 Å². The smallest absolute Gasteiger partial charge is 0.0859 e. The fraction of sp³-hybridized carbons (Fsp3) is 0.667. The molecule has 0 unspecified atom stereocenters. The molecule has 0 radical (unpaired) electrons. The van der Waals surface area contributed by atoms with E-state index in [9.17, 15) is 0 Å². The average molecular weight is 299 g/mol. The summed E-state index contributed by atoms with van der Waals surface area (Å²) in [6.07, 6.45) is 6.94. The molecule has 1 N–H and O–H groups in total. The molecule has 1 aromatic heterocycles. The van der Waals surface area contributed by atoms with Crippen molar-refractivity contribution in [3.8, 4) is 0 Å². The van der Waals surface area contributed by atoms with Gasteiger partial charge >= 0.3 is 0 Å². The summed E-state index contributed by atoms with van der Waals surface area (Å²) < 4.78 is 1.96. The van der Waals surface area contributed by atoms with Crippen LogP contribution in [0.25, 0.3) is 6.08 Å². The number of hydrogen-bond donors (Lipinski definition) is 1. The summed E-state index contributed by atoms with van der Waals surface area (Å²) in [4.78, 5) is 2.14. The summed E-state index contributed by atoms with van der Waals surface area (Å²) in [6, 6.07) is 0. The maximum Gasteiger partial charge on any atom is 0.0859 e. The Hall–Kier alpha value is -0.840. The molecule has 0 aliphatic carbocycles. The van der Waals surface area contributed by atoms with Gasteiger partial charge in [0, 0.05) is 6.54 Å². The van der Waals surface area contributed by atoms with Crippen LogP contribution in [0.4, 0.5) is 0 Å². The van der Waals surface area contributed by atoms with E-state index in [2.05, 4.69) is 55.4 Å². The lowest BCUT2D eigenvalue weighted by atomic mass is 10.2. The number of nitrogens with one attached hydrogen (secondary N) is 1. The van der Waals surface area contributed by atoms with Crippen molar-refractivity contribution in [1.29, 1.82) is 0 Å². The van der Waals surface area contributed by atoms with E-state index >= 15 is 0 Å². The molecule has 0 saturated heterocycles. The number of nitrogens with zero attached hydrogens (tertiary/aromatic N) is 3. The molecule has 20 heavy (non-hydrogen) atoms. The maximum atomic E-state index is 6.18. The molecule has 0 aliphatic heterocycles. The quantitative estimate of drug-likeness (QED) is 0.712. The van der Waals surface area contributed by atoms with Crippen molar-refractivity contribution < 1.29 is 0 Å². The lowest BCUT2D eigenvalue weighted by molar-refractivity contribution is 0.372. The van der Waals surface area contributed by atoms with Gasteiger partial charge in [-0.1, -0.05) is 31.5 Å². The molecule has 1 aromatic rings. The second-order valence-electron chi connectivity index (χ2n) is 5.69. The highest BCUT2D eigenvalue weighted by Gasteiger charge is 2.05. The SMILES string of the molecule is CC(C)CNCC/C=C/c1c(Cl)cnn1CCN(C)C. The van der Waals surface area contributed by atoms with E-state index in [0.717, 1.165) is 43.3 Å². The minimum Gasteiger partial charge on any atom is -0.316 e. The molecule has 0 aliphatic rings. The van der Waals surface area contributed by atoms with Gasteiger partial charge in [-0.05, 0) is 45.6 Å². The van der Waals surface area contributed by atoms with Crippen LogP contribution in [-0.4, -0.2) is 48.4 Å². The van der Waals surface area contributed by atoms with Gasteiger partial charge in [-0.25, -0.2) is 0 Å². The normalized spacial score (nSPS) is 12.2. The summed E-state index contributed by atoms with van der Waals surface area (Å²) >= 11 is 6.18. The van der Waals surface area contributed by atoms with Crippen molar-refractivity contribution in [3.63, 3.8) is 0 Å². The molecule has 1 heterocycles. The van der Waals surface area contributed by atoms with Crippen molar-refractivity contribution in [1.82, 2.24) is 20.0 Å². The van der Waals surface area contributed by atoms with Crippen LogP contribution in [0.2, 0.25) is 5.02 Å². The third-order valence-electron chi connectivity index (χ3n) is 2.91. The van der Waals surface area contributed by atoms with E-state index in [1.54, 1.807) is 6.20 Å². The van der Waals surface area contributed by atoms with Crippen molar-refractivity contribution >= 4 is 17.7 Å². The molecular weight excluding hydrogens is 272 g/mol.